The quantitative estimate of drug-likeness (QED) is 0.733. The molecule has 98 valence electrons. The standard InChI is InChI=1S/C16H14Cl2O/c1-10-7-13(12-3-5-14(17)6-4-12)8-11(2)15(10)9-16(18)19/h3-8H,9H2,1-2H3. The van der Waals surface area contributed by atoms with Gasteiger partial charge in [-0.15, -0.1) is 0 Å². The minimum Gasteiger partial charge on any atom is -0.281 e. The molecular formula is C16H14Cl2O. The summed E-state index contributed by atoms with van der Waals surface area (Å²) >= 11 is 11.4. The van der Waals surface area contributed by atoms with Crippen LogP contribution in [-0.4, -0.2) is 5.24 Å². The van der Waals surface area contributed by atoms with Gasteiger partial charge in [-0.05, 0) is 65.4 Å². The van der Waals surface area contributed by atoms with Gasteiger partial charge in [-0.25, -0.2) is 0 Å². The van der Waals surface area contributed by atoms with Crippen LogP contribution in [0, 0.1) is 13.8 Å². The average molecular weight is 293 g/mol. The van der Waals surface area contributed by atoms with E-state index >= 15 is 0 Å². The molecule has 0 aromatic heterocycles. The van der Waals surface area contributed by atoms with Gasteiger partial charge in [0.1, 0.15) is 0 Å². The lowest BCUT2D eigenvalue weighted by molar-refractivity contribution is -0.111. The Bertz CT molecular complexity index is 592. The molecule has 0 amide bonds. The minimum absolute atomic E-state index is 0.278. The second-order valence-corrected chi connectivity index (χ2v) is 5.49. The van der Waals surface area contributed by atoms with Gasteiger partial charge in [0, 0.05) is 11.4 Å². The Balaban J connectivity index is 2.44. The first-order chi connectivity index (χ1) is 8.97. The summed E-state index contributed by atoms with van der Waals surface area (Å²) in [6, 6.07) is 11.9. The van der Waals surface area contributed by atoms with Crippen molar-refractivity contribution in [3.8, 4) is 11.1 Å². The van der Waals surface area contributed by atoms with Crippen LogP contribution in [-0.2, 0) is 11.2 Å². The molecule has 0 fully saturated rings. The van der Waals surface area contributed by atoms with Crippen molar-refractivity contribution in [1.82, 2.24) is 0 Å². The summed E-state index contributed by atoms with van der Waals surface area (Å²) in [5, 5.41) is 0.395. The molecule has 0 aliphatic rings. The van der Waals surface area contributed by atoms with Gasteiger partial charge in [0.2, 0.25) is 5.24 Å². The topological polar surface area (TPSA) is 17.1 Å². The van der Waals surface area contributed by atoms with Gasteiger partial charge in [0.15, 0.2) is 0 Å². The van der Waals surface area contributed by atoms with Gasteiger partial charge in [-0.2, -0.15) is 0 Å². The highest BCUT2D eigenvalue weighted by Gasteiger charge is 2.09. The third-order valence-corrected chi connectivity index (χ3v) is 3.57. The number of benzene rings is 2. The van der Waals surface area contributed by atoms with Crippen molar-refractivity contribution < 1.29 is 4.79 Å². The molecule has 0 unspecified atom stereocenters. The van der Waals surface area contributed by atoms with E-state index in [4.69, 9.17) is 23.2 Å². The van der Waals surface area contributed by atoms with E-state index in [0.29, 0.717) is 0 Å². The van der Waals surface area contributed by atoms with Gasteiger partial charge in [0.05, 0.1) is 0 Å². The highest BCUT2D eigenvalue weighted by atomic mass is 35.5. The molecular weight excluding hydrogens is 279 g/mol. The van der Waals surface area contributed by atoms with Gasteiger partial charge < -0.3 is 0 Å². The lowest BCUT2D eigenvalue weighted by Crippen LogP contribution is -2.00. The van der Waals surface area contributed by atoms with Crippen LogP contribution in [0.3, 0.4) is 0 Å². The third kappa shape index (κ3) is 3.37. The van der Waals surface area contributed by atoms with E-state index in [0.717, 1.165) is 32.8 Å². The highest BCUT2D eigenvalue weighted by molar-refractivity contribution is 6.63. The average Bonchev–Trinajstić information content (AvgIpc) is 2.34. The van der Waals surface area contributed by atoms with Gasteiger partial charge in [0.25, 0.3) is 0 Å². The fourth-order valence-corrected chi connectivity index (χ4v) is 2.48. The van der Waals surface area contributed by atoms with Crippen molar-refractivity contribution in [3.63, 3.8) is 0 Å². The molecule has 0 aliphatic heterocycles. The van der Waals surface area contributed by atoms with E-state index in [2.05, 4.69) is 12.1 Å². The maximum Gasteiger partial charge on any atom is 0.226 e. The summed E-state index contributed by atoms with van der Waals surface area (Å²) < 4.78 is 0. The Morgan fingerprint density at radius 1 is 1.00 bits per heavy atom. The molecule has 0 N–H and O–H groups in total. The summed E-state index contributed by atoms with van der Waals surface area (Å²) in [6.45, 7) is 4.00. The van der Waals surface area contributed by atoms with Crippen LogP contribution in [0.25, 0.3) is 11.1 Å². The predicted octanol–water partition coefficient (Wildman–Crippen LogP) is 4.93. The summed E-state index contributed by atoms with van der Waals surface area (Å²) in [5.41, 5.74) is 5.41. The van der Waals surface area contributed by atoms with Crippen LogP contribution in [0.1, 0.15) is 16.7 Å². The molecule has 19 heavy (non-hydrogen) atoms. The van der Waals surface area contributed by atoms with Crippen molar-refractivity contribution in [2.45, 2.75) is 20.3 Å². The molecule has 0 atom stereocenters. The Morgan fingerprint density at radius 3 is 2.00 bits per heavy atom. The molecule has 3 heteroatoms. The third-order valence-electron chi connectivity index (χ3n) is 3.19. The van der Waals surface area contributed by atoms with Gasteiger partial charge in [-0.1, -0.05) is 35.9 Å². The Hall–Kier alpha value is -1.31. The summed E-state index contributed by atoms with van der Waals surface area (Å²) in [4.78, 5) is 11.1. The zero-order valence-corrected chi connectivity index (χ0v) is 12.3. The largest absolute Gasteiger partial charge is 0.281 e. The second-order valence-electron chi connectivity index (χ2n) is 4.63. The predicted molar refractivity (Wildman–Crippen MR) is 80.9 cm³/mol. The van der Waals surface area contributed by atoms with Crippen molar-refractivity contribution in [3.05, 3.63) is 58.1 Å². The van der Waals surface area contributed by atoms with Crippen molar-refractivity contribution in [2.75, 3.05) is 0 Å². The smallest absolute Gasteiger partial charge is 0.226 e. The fourth-order valence-electron chi connectivity index (χ4n) is 2.22. The number of aryl methyl sites for hydroxylation is 2. The Labute approximate surface area is 123 Å². The van der Waals surface area contributed by atoms with E-state index in [1.54, 1.807) is 0 Å². The van der Waals surface area contributed by atoms with Gasteiger partial charge in [-0.3, -0.25) is 4.79 Å². The summed E-state index contributed by atoms with van der Waals surface area (Å²) in [5.74, 6) is 0. The maximum absolute atomic E-state index is 11.1. The Kier molecular flexibility index (Phi) is 4.28. The van der Waals surface area contributed by atoms with Crippen LogP contribution in [0.4, 0.5) is 0 Å². The zero-order chi connectivity index (χ0) is 14.0. The number of carbonyl (C=O) groups is 1. The first-order valence-electron chi connectivity index (χ1n) is 6.02. The van der Waals surface area contributed by atoms with Crippen LogP contribution < -0.4 is 0 Å². The molecule has 2 aromatic carbocycles. The molecule has 0 saturated carbocycles. The highest BCUT2D eigenvalue weighted by Crippen LogP contribution is 2.27. The lowest BCUT2D eigenvalue weighted by atomic mass is 9.94. The fraction of sp³-hybridized carbons (Fsp3) is 0.188. The monoisotopic (exact) mass is 292 g/mol. The van der Waals surface area contributed by atoms with Crippen LogP contribution >= 0.6 is 23.2 Å². The van der Waals surface area contributed by atoms with Gasteiger partial charge >= 0.3 is 0 Å². The van der Waals surface area contributed by atoms with Crippen molar-refractivity contribution in [1.29, 1.82) is 0 Å². The molecule has 0 heterocycles. The van der Waals surface area contributed by atoms with Crippen LogP contribution in [0.5, 0.6) is 0 Å². The minimum atomic E-state index is -0.328. The SMILES string of the molecule is Cc1cc(-c2ccc(Cl)cc2)cc(C)c1CC(=O)Cl. The molecule has 0 saturated heterocycles. The molecule has 0 aliphatic carbocycles. The van der Waals surface area contributed by atoms with Crippen LogP contribution in [0.2, 0.25) is 5.02 Å². The Morgan fingerprint density at radius 2 is 1.53 bits per heavy atom. The molecule has 0 radical (unpaired) electrons. The normalized spacial score (nSPS) is 10.5. The number of carbonyl (C=O) groups excluding carboxylic acids is 1. The van der Waals surface area contributed by atoms with Crippen molar-refractivity contribution in [2.24, 2.45) is 0 Å². The second kappa shape index (κ2) is 5.77. The number of rotatable bonds is 3. The molecule has 1 nitrogen and oxygen atoms in total. The molecule has 2 rings (SSSR count). The first-order valence-corrected chi connectivity index (χ1v) is 6.77. The zero-order valence-electron chi connectivity index (χ0n) is 10.8. The molecule has 0 spiro atoms. The first kappa shape index (κ1) is 14.1. The van der Waals surface area contributed by atoms with E-state index < -0.39 is 0 Å². The maximum atomic E-state index is 11.1. The molecule has 2 aromatic rings. The summed E-state index contributed by atoms with van der Waals surface area (Å²) in [7, 11) is 0. The van der Waals surface area contributed by atoms with E-state index in [1.165, 1.54) is 0 Å². The number of hydrogen-bond donors (Lipinski definition) is 0. The molecule has 0 bridgehead atoms. The van der Waals surface area contributed by atoms with Crippen molar-refractivity contribution >= 4 is 28.4 Å². The lowest BCUT2D eigenvalue weighted by Gasteiger charge is -2.11. The van der Waals surface area contributed by atoms with E-state index in [1.807, 2.05) is 38.1 Å². The van der Waals surface area contributed by atoms with E-state index in [-0.39, 0.29) is 11.7 Å². The van der Waals surface area contributed by atoms with E-state index in [9.17, 15) is 4.79 Å². The van der Waals surface area contributed by atoms with Crippen LogP contribution in [0.15, 0.2) is 36.4 Å². The summed E-state index contributed by atoms with van der Waals surface area (Å²) in [6.07, 6.45) is 0.278. The number of halogens is 2. The number of hydrogen-bond acceptors (Lipinski definition) is 1.